The lowest BCUT2D eigenvalue weighted by Crippen LogP contribution is -2.01. The van der Waals surface area contributed by atoms with E-state index in [1.165, 1.54) is 12.1 Å². The smallest absolute Gasteiger partial charge is 0.152 e. The molecule has 3 rings (SSSR count). The number of fused-ring (bicyclic) bond motifs is 1. The summed E-state index contributed by atoms with van der Waals surface area (Å²) in [5.74, 6) is 1.40. The zero-order valence-corrected chi connectivity index (χ0v) is 12.8. The Morgan fingerprint density at radius 2 is 2.05 bits per heavy atom. The zero-order valence-electron chi connectivity index (χ0n) is 12.0. The Labute approximate surface area is 126 Å². The van der Waals surface area contributed by atoms with Gasteiger partial charge in [0.2, 0.25) is 0 Å². The number of aromatic amines is 1. The van der Waals surface area contributed by atoms with Gasteiger partial charge in [0.15, 0.2) is 5.76 Å². The molecule has 0 aliphatic carbocycles. The number of H-pyrrole nitrogens is 1. The highest BCUT2D eigenvalue weighted by Crippen LogP contribution is 2.30. The summed E-state index contributed by atoms with van der Waals surface area (Å²) in [7, 11) is 0. The predicted octanol–water partition coefficient (Wildman–Crippen LogP) is 5.12. The van der Waals surface area contributed by atoms with Crippen molar-refractivity contribution in [2.45, 2.75) is 26.7 Å². The summed E-state index contributed by atoms with van der Waals surface area (Å²) in [6.07, 6.45) is 0. The van der Waals surface area contributed by atoms with Crippen LogP contribution in [0.3, 0.4) is 0 Å². The number of furan rings is 1. The van der Waals surface area contributed by atoms with Crippen LogP contribution in [0.1, 0.15) is 31.2 Å². The van der Waals surface area contributed by atoms with E-state index in [2.05, 4.69) is 9.97 Å². The van der Waals surface area contributed by atoms with Gasteiger partial charge >= 0.3 is 0 Å². The van der Waals surface area contributed by atoms with E-state index >= 15 is 0 Å². The van der Waals surface area contributed by atoms with E-state index in [4.69, 9.17) is 16.6 Å². The predicted molar refractivity (Wildman–Crippen MR) is 83.4 cm³/mol. The maximum Gasteiger partial charge on any atom is 0.152 e. The highest BCUT2D eigenvalue weighted by Gasteiger charge is 2.14. The fourth-order valence-corrected chi connectivity index (χ4v) is 2.41. The molecule has 5 heteroatoms. The van der Waals surface area contributed by atoms with Crippen molar-refractivity contribution in [2.75, 3.05) is 0 Å². The summed E-state index contributed by atoms with van der Waals surface area (Å²) in [6, 6.07) is 6.28. The molecule has 1 N–H and O–H groups in total. The van der Waals surface area contributed by atoms with Gasteiger partial charge in [-0.1, -0.05) is 26.1 Å². The molecule has 2 aromatic heterocycles. The Morgan fingerprint density at radius 3 is 2.76 bits per heavy atom. The number of hydrogen-bond donors (Lipinski definition) is 1. The van der Waals surface area contributed by atoms with E-state index in [0.29, 0.717) is 16.0 Å². The molecule has 0 unspecified atom stereocenters. The van der Waals surface area contributed by atoms with Crippen LogP contribution in [0.25, 0.3) is 22.4 Å². The quantitative estimate of drug-likeness (QED) is 0.668. The Kier molecular flexibility index (Phi) is 3.37. The van der Waals surface area contributed by atoms with Crippen molar-refractivity contribution in [3.8, 4) is 11.5 Å². The van der Waals surface area contributed by atoms with Crippen LogP contribution in [-0.2, 0) is 0 Å². The van der Waals surface area contributed by atoms with Gasteiger partial charge in [-0.25, -0.2) is 9.37 Å². The van der Waals surface area contributed by atoms with E-state index in [9.17, 15) is 4.39 Å². The fourth-order valence-electron chi connectivity index (χ4n) is 2.21. The summed E-state index contributed by atoms with van der Waals surface area (Å²) in [5, 5.41) is 0.728. The fraction of sp³-hybridized carbons (Fsp3) is 0.250. The highest BCUT2D eigenvalue weighted by atomic mass is 32.1. The summed E-state index contributed by atoms with van der Waals surface area (Å²) in [4.78, 5) is 7.66. The van der Waals surface area contributed by atoms with Gasteiger partial charge in [0.25, 0.3) is 0 Å². The molecule has 1 aromatic carbocycles. The number of aromatic nitrogens is 2. The Morgan fingerprint density at radius 1 is 1.29 bits per heavy atom. The van der Waals surface area contributed by atoms with Gasteiger partial charge in [-0.3, -0.25) is 0 Å². The molecule has 3 aromatic rings. The van der Waals surface area contributed by atoms with Crippen LogP contribution >= 0.6 is 12.2 Å². The Balaban J connectivity index is 2.24. The normalized spacial score (nSPS) is 11.5. The van der Waals surface area contributed by atoms with E-state index in [1.807, 2.05) is 26.8 Å². The van der Waals surface area contributed by atoms with Crippen molar-refractivity contribution in [3.63, 3.8) is 0 Å². The summed E-state index contributed by atoms with van der Waals surface area (Å²) in [5.41, 5.74) is 2.30. The number of hydrogen-bond acceptors (Lipinski definition) is 3. The molecular formula is C16H15FN2OS. The van der Waals surface area contributed by atoms with Crippen molar-refractivity contribution < 1.29 is 8.81 Å². The number of rotatable bonds is 2. The molecule has 0 bridgehead atoms. The zero-order chi connectivity index (χ0) is 15.1. The van der Waals surface area contributed by atoms with E-state index < -0.39 is 0 Å². The number of nitrogens with zero attached hydrogens (tertiary/aromatic N) is 1. The average molecular weight is 302 g/mol. The van der Waals surface area contributed by atoms with Crippen LogP contribution in [0, 0.1) is 17.4 Å². The largest absolute Gasteiger partial charge is 0.455 e. The summed E-state index contributed by atoms with van der Waals surface area (Å²) < 4.78 is 19.6. The summed E-state index contributed by atoms with van der Waals surface area (Å²) >= 11 is 5.32. The van der Waals surface area contributed by atoms with E-state index in [1.54, 1.807) is 6.07 Å². The van der Waals surface area contributed by atoms with E-state index in [0.717, 1.165) is 22.5 Å². The minimum atomic E-state index is -0.280. The average Bonchev–Trinajstić information content (AvgIpc) is 2.84. The maximum absolute atomic E-state index is 13.3. The monoisotopic (exact) mass is 302 g/mol. The van der Waals surface area contributed by atoms with Crippen LogP contribution < -0.4 is 0 Å². The van der Waals surface area contributed by atoms with Crippen molar-refractivity contribution >= 4 is 23.2 Å². The first-order valence-corrected chi connectivity index (χ1v) is 7.17. The van der Waals surface area contributed by atoms with Gasteiger partial charge in [0, 0.05) is 16.9 Å². The molecule has 0 radical (unpaired) electrons. The highest BCUT2D eigenvalue weighted by molar-refractivity contribution is 7.71. The molecule has 0 amide bonds. The minimum absolute atomic E-state index is 0.230. The molecule has 108 valence electrons. The second-order valence-corrected chi connectivity index (χ2v) is 5.76. The maximum atomic E-state index is 13.3. The molecule has 0 aliphatic heterocycles. The third-order valence-corrected chi connectivity index (χ3v) is 3.84. The molecule has 0 atom stereocenters. The SMILES string of the molecule is Cc1c(-c2cc3cc(F)ccc3o2)[nH]c(C(C)C)nc1=S. The molecule has 0 spiro atoms. The molecule has 3 nitrogen and oxygen atoms in total. The van der Waals surface area contributed by atoms with E-state index in [-0.39, 0.29) is 11.7 Å². The van der Waals surface area contributed by atoms with Crippen molar-refractivity contribution in [3.05, 3.63) is 46.1 Å². The molecular weight excluding hydrogens is 287 g/mol. The van der Waals surface area contributed by atoms with Crippen LogP contribution in [0.15, 0.2) is 28.7 Å². The van der Waals surface area contributed by atoms with Crippen molar-refractivity contribution in [1.82, 2.24) is 9.97 Å². The van der Waals surface area contributed by atoms with Gasteiger partial charge in [-0.15, -0.1) is 0 Å². The second-order valence-electron chi connectivity index (χ2n) is 5.37. The first-order chi connectivity index (χ1) is 9.95. The summed E-state index contributed by atoms with van der Waals surface area (Å²) in [6.45, 7) is 5.99. The first kappa shape index (κ1) is 13.9. The molecule has 0 saturated carbocycles. The number of benzene rings is 1. The van der Waals surface area contributed by atoms with Crippen molar-refractivity contribution in [1.29, 1.82) is 0 Å². The lowest BCUT2D eigenvalue weighted by atomic mass is 10.1. The lowest BCUT2D eigenvalue weighted by Gasteiger charge is -2.09. The standard InChI is InChI=1S/C16H15FN2OS/c1-8(2)15-18-14(9(3)16(21)19-15)13-7-10-6-11(17)4-5-12(10)20-13/h4-8H,1-3H3,(H,18,19,21). The number of halogens is 1. The lowest BCUT2D eigenvalue weighted by molar-refractivity contribution is 0.616. The Hall–Kier alpha value is -2.01. The number of nitrogens with one attached hydrogen (secondary N) is 1. The third kappa shape index (κ3) is 2.49. The van der Waals surface area contributed by atoms with Crippen LogP contribution in [0.2, 0.25) is 0 Å². The van der Waals surface area contributed by atoms with Crippen molar-refractivity contribution in [2.24, 2.45) is 0 Å². The van der Waals surface area contributed by atoms with Crippen LogP contribution in [0.5, 0.6) is 0 Å². The van der Waals surface area contributed by atoms with Crippen LogP contribution in [0.4, 0.5) is 4.39 Å². The second kappa shape index (κ2) is 5.07. The van der Waals surface area contributed by atoms with Gasteiger partial charge in [0.05, 0.1) is 5.69 Å². The van der Waals surface area contributed by atoms with Gasteiger partial charge in [-0.2, -0.15) is 0 Å². The van der Waals surface area contributed by atoms with Gasteiger partial charge in [-0.05, 0) is 31.2 Å². The molecule has 0 aliphatic rings. The third-order valence-electron chi connectivity index (χ3n) is 3.44. The van der Waals surface area contributed by atoms with Gasteiger partial charge in [0.1, 0.15) is 21.9 Å². The molecule has 21 heavy (non-hydrogen) atoms. The minimum Gasteiger partial charge on any atom is -0.455 e. The van der Waals surface area contributed by atoms with Gasteiger partial charge < -0.3 is 9.40 Å². The van der Waals surface area contributed by atoms with Crippen LogP contribution in [-0.4, -0.2) is 9.97 Å². The first-order valence-electron chi connectivity index (χ1n) is 6.76. The molecule has 0 saturated heterocycles. The Bertz CT molecular complexity index is 880. The topological polar surface area (TPSA) is 41.8 Å². The molecule has 0 fully saturated rings. The molecule has 2 heterocycles.